The van der Waals surface area contributed by atoms with E-state index >= 15 is 0 Å². The Morgan fingerprint density at radius 3 is 2.73 bits per heavy atom. The van der Waals surface area contributed by atoms with E-state index in [1.165, 1.54) is 13.0 Å². The van der Waals surface area contributed by atoms with Crippen molar-refractivity contribution in [2.75, 3.05) is 19.6 Å². The van der Waals surface area contributed by atoms with Crippen LogP contribution in [0.1, 0.15) is 44.2 Å². The minimum atomic E-state index is -1.46. The number of allylic oxidation sites excluding steroid dienone is 5. The minimum Gasteiger partial charge on any atom is -0.369 e. The number of alkyl halides is 1. The van der Waals surface area contributed by atoms with Gasteiger partial charge in [-0.15, -0.1) is 0 Å². The summed E-state index contributed by atoms with van der Waals surface area (Å²) in [5.74, 6) is 0.195. The normalized spacial score (nSPS) is 19.5. The van der Waals surface area contributed by atoms with E-state index in [1.807, 2.05) is 44.9 Å². The Morgan fingerprint density at radius 2 is 2.13 bits per heavy atom. The van der Waals surface area contributed by atoms with E-state index in [1.54, 1.807) is 6.34 Å². The van der Waals surface area contributed by atoms with Crippen molar-refractivity contribution < 1.29 is 13.3 Å². The van der Waals surface area contributed by atoms with Crippen molar-refractivity contribution in [3.63, 3.8) is 0 Å². The summed E-state index contributed by atoms with van der Waals surface area (Å²) in [6, 6.07) is 0. The number of nitrogens with zero attached hydrogens (tertiary/aromatic N) is 3. The topological polar surface area (TPSA) is 53.7 Å². The second-order valence-corrected chi connectivity index (χ2v) is 7.52. The summed E-state index contributed by atoms with van der Waals surface area (Å²) in [7, 11) is 0. The van der Waals surface area contributed by atoms with E-state index in [0.29, 0.717) is 25.3 Å². The molecule has 1 aliphatic heterocycles. The van der Waals surface area contributed by atoms with Crippen LogP contribution in [0.2, 0.25) is 0 Å². The van der Waals surface area contributed by atoms with Crippen molar-refractivity contribution in [2.45, 2.75) is 47.2 Å². The molecule has 2 heterocycles. The molecule has 0 saturated carbocycles. The van der Waals surface area contributed by atoms with E-state index < -0.39 is 12.0 Å². The summed E-state index contributed by atoms with van der Waals surface area (Å²) < 4.78 is 34.0. The van der Waals surface area contributed by atoms with Crippen molar-refractivity contribution in [3.8, 4) is 0 Å². The Bertz CT molecular complexity index is 877. The van der Waals surface area contributed by atoms with Crippen molar-refractivity contribution in [3.05, 3.63) is 57.5 Å². The van der Waals surface area contributed by atoms with Gasteiger partial charge in [-0.2, -0.15) is 0 Å². The van der Waals surface area contributed by atoms with Gasteiger partial charge in [0.15, 0.2) is 0 Å². The molecule has 1 aromatic heterocycles. The number of rotatable bonds is 6. The molecular formula is C22H29ClF2N4O. The SMILES string of the molecule is CC/C=C(F)\C(CN1CCN=CN/C=C(/c2c(C)noc2C)C=C1C)=C(\Cl)C(C)F. The third-order valence-corrected chi connectivity index (χ3v) is 5.28. The fourth-order valence-corrected chi connectivity index (χ4v) is 3.35. The lowest BCUT2D eigenvalue weighted by Gasteiger charge is -2.27. The summed E-state index contributed by atoms with van der Waals surface area (Å²) in [5, 5.41) is 6.96. The van der Waals surface area contributed by atoms with Gasteiger partial charge in [0.2, 0.25) is 0 Å². The number of halogens is 3. The highest BCUT2D eigenvalue weighted by Gasteiger charge is 2.20. The Morgan fingerprint density at radius 1 is 1.40 bits per heavy atom. The van der Waals surface area contributed by atoms with Gasteiger partial charge in [-0.3, -0.25) is 4.99 Å². The molecule has 0 fully saturated rings. The van der Waals surface area contributed by atoms with Crippen LogP contribution in [-0.4, -0.2) is 42.2 Å². The molecule has 1 N–H and O–H groups in total. The third-order valence-electron chi connectivity index (χ3n) is 4.75. The standard InChI is InChI=1S/C22H29ClF2N4O/c1-6-7-20(25)19(22(23)15(3)24)12-29-9-8-26-13-27-11-18(10-14(29)2)21-16(4)28-30-17(21)5/h7,10-11,13,15H,6,8-9,12H2,1-5H3,(H,26,27)/b14-10?,18-11+,20-7+,22-19+. The molecular weight excluding hydrogens is 410 g/mol. The average molecular weight is 439 g/mol. The quantitative estimate of drug-likeness (QED) is 0.589. The lowest BCUT2D eigenvalue weighted by atomic mass is 10.0. The molecule has 0 bridgehead atoms. The number of hydrogen-bond donors (Lipinski definition) is 1. The van der Waals surface area contributed by atoms with Crippen molar-refractivity contribution in [2.24, 2.45) is 4.99 Å². The lowest BCUT2D eigenvalue weighted by Crippen LogP contribution is -2.29. The maximum Gasteiger partial charge on any atom is 0.141 e. The number of nitrogens with one attached hydrogen (secondary N) is 1. The van der Waals surface area contributed by atoms with Crippen LogP contribution in [0, 0.1) is 13.8 Å². The van der Waals surface area contributed by atoms with Gasteiger partial charge in [0.25, 0.3) is 0 Å². The summed E-state index contributed by atoms with van der Waals surface area (Å²) in [4.78, 5) is 6.27. The average Bonchev–Trinajstić information content (AvgIpc) is 3.03. The molecule has 0 saturated heterocycles. The molecule has 2 rings (SSSR count). The van der Waals surface area contributed by atoms with E-state index in [2.05, 4.69) is 15.5 Å². The first kappa shape index (κ1) is 23.9. The Kier molecular flexibility index (Phi) is 8.84. The number of aryl methyl sites for hydroxylation is 2. The zero-order valence-electron chi connectivity index (χ0n) is 18.1. The summed E-state index contributed by atoms with van der Waals surface area (Å²) >= 11 is 6.17. The molecule has 0 aliphatic carbocycles. The Labute approximate surface area is 181 Å². The molecule has 1 aromatic rings. The molecule has 30 heavy (non-hydrogen) atoms. The van der Waals surface area contributed by atoms with E-state index in [9.17, 15) is 8.78 Å². The van der Waals surface area contributed by atoms with Gasteiger partial charge in [-0.25, -0.2) is 8.78 Å². The summed E-state index contributed by atoms with van der Waals surface area (Å²) in [6.07, 6.45) is 5.83. The van der Waals surface area contributed by atoms with Gasteiger partial charge in [0.05, 0.1) is 23.6 Å². The zero-order valence-corrected chi connectivity index (χ0v) is 18.9. The highest BCUT2D eigenvalue weighted by Crippen LogP contribution is 2.28. The van der Waals surface area contributed by atoms with E-state index in [-0.39, 0.29) is 17.2 Å². The highest BCUT2D eigenvalue weighted by molar-refractivity contribution is 6.30. The molecule has 0 aromatic carbocycles. The first-order valence-electron chi connectivity index (χ1n) is 9.95. The molecule has 1 aliphatic rings. The summed E-state index contributed by atoms with van der Waals surface area (Å²) in [6.45, 7) is 9.90. The molecule has 1 atom stereocenters. The second-order valence-electron chi connectivity index (χ2n) is 7.11. The smallest absolute Gasteiger partial charge is 0.141 e. The molecule has 0 spiro atoms. The van der Waals surface area contributed by atoms with Crippen molar-refractivity contribution in [1.82, 2.24) is 15.4 Å². The first-order chi connectivity index (χ1) is 14.3. The Hall–Kier alpha value is -2.41. The number of hydrogen-bond acceptors (Lipinski definition) is 5. The van der Waals surface area contributed by atoms with Gasteiger partial charge >= 0.3 is 0 Å². The van der Waals surface area contributed by atoms with Gasteiger partial charge < -0.3 is 14.7 Å². The predicted octanol–water partition coefficient (Wildman–Crippen LogP) is 5.58. The summed E-state index contributed by atoms with van der Waals surface area (Å²) in [5.41, 5.74) is 3.50. The zero-order chi connectivity index (χ0) is 22.3. The minimum absolute atomic E-state index is 0.117. The van der Waals surface area contributed by atoms with Gasteiger partial charge in [0.1, 0.15) is 17.8 Å². The number of aliphatic imine (C=N–C) groups is 1. The van der Waals surface area contributed by atoms with E-state index in [0.717, 1.165) is 22.5 Å². The fourth-order valence-electron chi connectivity index (χ4n) is 3.20. The monoisotopic (exact) mass is 438 g/mol. The van der Waals surface area contributed by atoms with Crippen LogP contribution >= 0.6 is 11.6 Å². The third kappa shape index (κ3) is 6.05. The van der Waals surface area contributed by atoms with E-state index in [4.69, 9.17) is 16.1 Å². The van der Waals surface area contributed by atoms with Gasteiger partial charge in [0, 0.05) is 41.7 Å². The maximum atomic E-state index is 14.7. The highest BCUT2D eigenvalue weighted by atomic mass is 35.5. The van der Waals surface area contributed by atoms with Crippen LogP contribution in [0.25, 0.3) is 5.57 Å². The van der Waals surface area contributed by atoms with Crippen molar-refractivity contribution in [1.29, 1.82) is 0 Å². The van der Waals surface area contributed by atoms with Crippen LogP contribution in [0.5, 0.6) is 0 Å². The second kappa shape index (κ2) is 11.1. The van der Waals surface area contributed by atoms with Gasteiger partial charge in [-0.05, 0) is 46.3 Å². The predicted molar refractivity (Wildman–Crippen MR) is 119 cm³/mol. The molecule has 1 unspecified atom stereocenters. The largest absolute Gasteiger partial charge is 0.369 e. The maximum absolute atomic E-state index is 14.7. The molecule has 0 amide bonds. The molecule has 5 nitrogen and oxygen atoms in total. The van der Waals surface area contributed by atoms with Crippen LogP contribution in [0.15, 0.2) is 50.0 Å². The lowest BCUT2D eigenvalue weighted by molar-refractivity contribution is 0.371. The molecule has 8 heteroatoms. The van der Waals surface area contributed by atoms with Crippen LogP contribution in [-0.2, 0) is 0 Å². The van der Waals surface area contributed by atoms with Crippen LogP contribution < -0.4 is 5.32 Å². The van der Waals surface area contributed by atoms with Crippen molar-refractivity contribution >= 4 is 23.5 Å². The Balaban J connectivity index is 2.48. The molecule has 164 valence electrons. The molecule has 0 radical (unpaired) electrons. The first-order valence-corrected chi connectivity index (χ1v) is 10.3. The number of aromatic nitrogens is 1. The fraction of sp³-hybridized carbons (Fsp3) is 0.455. The van der Waals surface area contributed by atoms with Gasteiger partial charge in [-0.1, -0.05) is 23.7 Å². The van der Waals surface area contributed by atoms with Crippen LogP contribution in [0.4, 0.5) is 8.78 Å². The van der Waals surface area contributed by atoms with Crippen LogP contribution in [0.3, 0.4) is 0 Å².